The minimum absolute atomic E-state index is 0.0738. The average Bonchev–Trinajstić information content (AvgIpc) is 3.22. The molecule has 1 aromatic carbocycles. The number of esters is 1. The maximum Gasteiger partial charge on any atom is 0.303 e. The Balaban J connectivity index is 1.41. The standard InChI is InChI=1S/C33H41NO5/c1-21(35)39-20-30(37)33(38)15-14-29-27-12-8-23-18-25(36)11-13-26(23)31(27)28(19-32(29,33)2)22-6-9-24(10-7-22)34-16-4-3-5-17-34/h6-7,9-10,18,27-29,38H,3-5,8,11-17,19-20H2,1-2H3/t27-,28+,29-,32-,33-/m0/s1. The highest BCUT2D eigenvalue weighted by atomic mass is 16.5. The number of ketones is 2. The molecule has 3 fully saturated rings. The molecule has 0 unspecified atom stereocenters. The third kappa shape index (κ3) is 4.39. The van der Waals surface area contributed by atoms with Crippen molar-refractivity contribution in [1.29, 1.82) is 0 Å². The van der Waals surface area contributed by atoms with Crippen molar-refractivity contribution in [3.05, 3.63) is 52.6 Å². The van der Waals surface area contributed by atoms with Crippen LogP contribution in [0.3, 0.4) is 0 Å². The number of piperidine rings is 1. The fourth-order valence-electron chi connectivity index (χ4n) is 8.78. The number of Topliss-reactive ketones (excluding diaryl/α,β-unsaturated/α-hetero) is 1. The molecule has 1 saturated heterocycles. The van der Waals surface area contributed by atoms with Crippen LogP contribution in [-0.4, -0.2) is 47.9 Å². The summed E-state index contributed by atoms with van der Waals surface area (Å²) in [5.74, 6) is -0.141. The molecule has 5 aliphatic rings. The Morgan fingerprint density at radius 1 is 1.05 bits per heavy atom. The number of anilines is 1. The van der Waals surface area contributed by atoms with Crippen LogP contribution in [0.15, 0.2) is 47.1 Å². The maximum absolute atomic E-state index is 13.4. The predicted octanol–water partition coefficient (Wildman–Crippen LogP) is 5.44. The number of carbonyl (C=O) groups is 3. The zero-order valence-electron chi connectivity index (χ0n) is 23.3. The Bertz CT molecular complexity index is 1240. The van der Waals surface area contributed by atoms with Gasteiger partial charge in [0.05, 0.1) is 0 Å². The second-order valence-corrected chi connectivity index (χ2v) is 12.7. The molecule has 6 rings (SSSR count). The second-order valence-electron chi connectivity index (χ2n) is 12.7. The Labute approximate surface area is 231 Å². The van der Waals surface area contributed by atoms with Gasteiger partial charge in [0.2, 0.25) is 5.78 Å². The monoisotopic (exact) mass is 531 g/mol. The topological polar surface area (TPSA) is 83.9 Å². The molecule has 208 valence electrons. The van der Waals surface area contributed by atoms with Crippen molar-refractivity contribution in [3.8, 4) is 0 Å². The summed E-state index contributed by atoms with van der Waals surface area (Å²) in [5, 5.41) is 12.0. The molecule has 1 heterocycles. The van der Waals surface area contributed by atoms with Crippen LogP contribution in [0.2, 0.25) is 0 Å². The van der Waals surface area contributed by atoms with E-state index in [-0.39, 0.29) is 35.9 Å². The summed E-state index contributed by atoms with van der Waals surface area (Å²) in [4.78, 5) is 39.7. The van der Waals surface area contributed by atoms with Gasteiger partial charge >= 0.3 is 5.97 Å². The largest absolute Gasteiger partial charge is 0.458 e. The zero-order valence-corrected chi connectivity index (χ0v) is 23.3. The molecule has 2 saturated carbocycles. The lowest BCUT2D eigenvalue weighted by Crippen LogP contribution is -2.56. The zero-order chi connectivity index (χ0) is 27.4. The van der Waals surface area contributed by atoms with E-state index in [1.165, 1.54) is 54.2 Å². The van der Waals surface area contributed by atoms with E-state index in [1.807, 2.05) is 6.08 Å². The first-order valence-corrected chi connectivity index (χ1v) is 14.9. The first-order valence-electron chi connectivity index (χ1n) is 14.9. The Morgan fingerprint density at radius 3 is 2.51 bits per heavy atom. The summed E-state index contributed by atoms with van der Waals surface area (Å²) in [6, 6.07) is 8.99. The molecule has 4 aliphatic carbocycles. The van der Waals surface area contributed by atoms with E-state index in [2.05, 4.69) is 36.1 Å². The Morgan fingerprint density at radius 2 is 1.79 bits per heavy atom. The van der Waals surface area contributed by atoms with Gasteiger partial charge in [0.25, 0.3) is 0 Å². The minimum Gasteiger partial charge on any atom is -0.458 e. The molecule has 0 aromatic heterocycles. The molecule has 1 aliphatic heterocycles. The van der Waals surface area contributed by atoms with Crippen LogP contribution in [0.1, 0.15) is 89.5 Å². The highest BCUT2D eigenvalue weighted by Gasteiger charge is 2.65. The summed E-state index contributed by atoms with van der Waals surface area (Å²) < 4.78 is 5.07. The summed E-state index contributed by atoms with van der Waals surface area (Å²) >= 11 is 0. The highest BCUT2D eigenvalue weighted by molar-refractivity contribution is 5.93. The number of carbonyl (C=O) groups excluding carboxylic acids is 3. The number of benzene rings is 1. The summed E-state index contributed by atoms with van der Waals surface area (Å²) in [5.41, 5.74) is 4.35. The van der Waals surface area contributed by atoms with Gasteiger partial charge in [-0.25, -0.2) is 0 Å². The van der Waals surface area contributed by atoms with Gasteiger partial charge in [0, 0.05) is 43.5 Å². The third-order valence-corrected chi connectivity index (χ3v) is 10.8. The van der Waals surface area contributed by atoms with Crippen molar-refractivity contribution in [2.45, 2.75) is 89.6 Å². The van der Waals surface area contributed by atoms with Crippen LogP contribution >= 0.6 is 0 Å². The first kappa shape index (κ1) is 26.5. The van der Waals surface area contributed by atoms with Gasteiger partial charge in [0.15, 0.2) is 12.4 Å². The summed E-state index contributed by atoms with van der Waals surface area (Å²) in [6.45, 7) is 5.21. The van der Waals surface area contributed by atoms with Crippen LogP contribution in [-0.2, 0) is 19.1 Å². The lowest BCUT2D eigenvalue weighted by atomic mass is 9.50. The normalized spacial score (nSPS) is 34.1. The highest BCUT2D eigenvalue weighted by Crippen LogP contribution is 2.67. The van der Waals surface area contributed by atoms with Gasteiger partial charge in [-0.3, -0.25) is 14.4 Å². The van der Waals surface area contributed by atoms with Crippen molar-refractivity contribution in [2.24, 2.45) is 17.3 Å². The van der Waals surface area contributed by atoms with E-state index in [1.54, 1.807) is 0 Å². The Hall–Kier alpha value is -2.73. The molecule has 5 atom stereocenters. The molecule has 6 heteroatoms. The van der Waals surface area contributed by atoms with Gasteiger partial charge < -0.3 is 14.7 Å². The van der Waals surface area contributed by atoms with Crippen LogP contribution in [0.5, 0.6) is 0 Å². The van der Waals surface area contributed by atoms with Crippen molar-refractivity contribution >= 4 is 23.2 Å². The van der Waals surface area contributed by atoms with E-state index < -0.39 is 17.0 Å². The van der Waals surface area contributed by atoms with Crippen molar-refractivity contribution < 1.29 is 24.2 Å². The van der Waals surface area contributed by atoms with Crippen LogP contribution in [0.25, 0.3) is 0 Å². The van der Waals surface area contributed by atoms with Crippen LogP contribution in [0, 0.1) is 17.3 Å². The van der Waals surface area contributed by atoms with E-state index in [4.69, 9.17) is 4.74 Å². The molecular weight excluding hydrogens is 490 g/mol. The van der Waals surface area contributed by atoms with Crippen LogP contribution < -0.4 is 4.90 Å². The number of aliphatic hydroxyl groups is 1. The molecule has 6 nitrogen and oxygen atoms in total. The molecule has 0 radical (unpaired) electrons. The second kappa shape index (κ2) is 10.0. The minimum atomic E-state index is -1.52. The maximum atomic E-state index is 13.4. The molecule has 1 aromatic rings. The average molecular weight is 532 g/mol. The van der Waals surface area contributed by atoms with Crippen molar-refractivity contribution in [1.82, 2.24) is 0 Å². The van der Waals surface area contributed by atoms with Gasteiger partial charge in [-0.1, -0.05) is 24.6 Å². The van der Waals surface area contributed by atoms with Gasteiger partial charge in [0.1, 0.15) is 5.60 Å². The quantitative estimate of drug-likeness (QED) is 0.510. The number of allylic oxidation sites excluding steroid dienone is 4. The van der Waals surface area contributed by atoms with E-state index in [0.717, 1.165) is 38.8 Å². The summed E-state index contributed by atoms with van der Waals surface area (Å²) in [6.07, 6.45) is 10.6. The van der Waals surface area contributed by atoms with Gasteiger partial charge in [-0.2, -0.15) is 0 Å². The molecule has 1 N–H and O–H groups in total. The number of hydrogen-bond donors (Lipinski definition) is 1. The molecule has 0 amide bonds. The Kier molecular flexibility index (Phi) is 6.81. The predicted molar refractivity (Wildman–Crippen MR) is 149 cm³/mol. The molecule has 39 heavy (non-hydrogen) atoms. The lowest BCUT2D eigenvalue weighted by Gasteiger charge is -2.54. The fraction of sp³-hybridized carbons (Fsp3) is 0.606. The van der Waals surface area contributed by atoms with E-state index in [0.29, 0.717) is 19.3 Å². The first-order chi connectivity index (χ1) is 18.7. The van der Waals surface area contributed by atoms with Crippen molar-refractivity contribution in [3.63, 3.8) is 0 Å². The lowest BCUT2D eigenvalue weighted by molar-refractivity contribution is -0.164. The van der Waals surface area contributed by atoms with Gasteiger partial charge in [-0.05, 0) is 105 Å². The number of ether oxygens (including phenoxy) is 1. The fourth-order valence-corrected chi connectivity index (χ4v) is 8.78. The number of nitrogens with zero attached hydrogens (tertiary/aromatic N) is 1. The molecule has 0 bridgehead atoms. The van der Waals surface area contributed by atoms with E-state index >= 15 is 0 Å². The van der Waals surface area contributed by atoms with E-state index in [9.17, 15) is 19.5 Å². The van der Waals surface area contributed by atoms with Gasteiger partial charge in [-0.15, -0.1) is 0 Å². The smallest absolute Gasteiger partial charge is 0.303 e. The number of hydrogen-bond acceptors (Lipinski definition) is 6. The summed E-state index contributed by atoms with van der Waals surface area (Å²) in [7, 11) is 0. The van der Waals surface area contributed by atoms with Crippen molar-refractivity contribution in [2.75, 3.05) is 24.6 Å². The SMILES string of the molecule is CC(=O)OCC(=O)[C@@]1(O)CC[C@H]2[C@@H]3CCC4=CC(=O)CCC4=C3[C@@H](c3ccc(N4CCCCC4)cc3)C[C@@]21C. The molecule has 0 spiro atoms. The van der Waals surface area contributed by atoms with Crippen LogP contribution in [0.4, 0.5) is 5.69 Å². The number of fused-ring (bicyclic) bond motifs is 4. The molecular formula is C33H41NO5. The number of rotatable bonds is 5. The third-order valence-electron chi connectivity index (χ3n) is 10.8.